The molecule has 1 atom stereocenters. The van der Waals surface area contributed by atoms with Crippen LogP contribution in [-0.2, 0) is 0 Å². The van der Waals surface area contributed by atoms with Gasteiger partial charge in [-0.2, -0.15) is 0 Å². The molecule has 1 aliphatic rings. The molecule has 2 aromatic heterocycles. The predicted octanol–water partition coefficient (Wildman–Crippen LogP) is 5.13. The van der Waals surface area contributed by atoms with Crippen LogP contribution < -0.4 is 10.2 Å². The maximum Gasteiger partial charge on any atom is 0.257 e. The molecule has 0 radical (unpaired) electrons. The van der Waals surface area contributed by atoms with Crippen LogP contribution in [0, 0.1) is 11.6 Å². The lowest BCUT2D eigenvalue weighted by Crippen LogP contribution is -2.28. The molecule has 3 aromatic rings. The van der Waals surface area contributed by atoms with Crippen LogP contribution in [0.3, 0.4) is 0 Å². The highest BCUT2D eigenvalue weighted by Gasteiger charge is 2.36. The van der Waals surface area contributed by atoms with Crippen LogP contribution in [0.2, 0.25) is 0 Å². The van der Waals surface area contributed by atoms with Crippen molar-refractivity contribution in [1.82, 2.24) is 15.0 Å². The molecule has 1 N–H and O–H groups in total. The number of pyridine rings is 1. The van der Waals surface area contributed by atoms with Crippen molar-refractivity contribution in [2.75, 3.05) is 23.3 Å². The van der Waals surface area contributed by atoms with Crippen molar-refractivity contribution in [1.29, 1.82) is 0 Å². The van der Waals surface area contributed by atoms with Crippen LogP contribution >= 0.6 is 0 Å². The van der Waals surface area contributed by atoms with Gasteiger partial charge in [0.25, 0.3) is 5.91 Å². The molecular weight excluding hydrogens is 431 g/mol. The molecule has 0 aliphatic carbocycles. The van der Waals surface area contributed by atoms with E-state index in [1.807, 2.05) is 13.8 Å². The molecule has 6 nitrogen and oxygen atoms in total. The Morgan fingerprint density at radius 2 is 1.94 bits per heavy atom. The second-order valence-corrected chi connectivity index (χ2v) is 8.71. The van der Waals surface area contributed by atoms with Crippen LogP contribution in [0.15, 0.2) is 42.9 Å². The summed E-state index contributed by atoms with van der Waals surface area (Å²) < 4.78 is 43.1. The minimum atomic E-state index is -1.44. The van der Waals surface area contributed by atoms with E-state index in [1.165, 1.54) is 19.4 Å². The van der Waals surface area contributed by atoms with E-state index in [4.69, 9.17) is 0 Å². The Bertz CT molecular complexity index is 1180. The first kappa shape index (κ1) is 22.7. The summed E-state index contributed by atoms with van der Waals surface area (Å²) in [5, 5.41) is 2.74. The number of anilines is 2. The molecule has 1 unspecified atom stereocenters. The van der Waals surface area contributed by atoms with Crippen molar-refractivity contribution >= 4 is 17.4 Å². The Hall–Kier alpha value is -3.49. The van der Waals surface area contributed by atoms with Gasteiger partial charge < -0.3 is 10.2 Å². The van der Waals surface area contributed by atoms with Gasteiger partial charge >= 0.3 is 0 Å². The van der Waals surface area contributed by atoms with Gasteiger partial charge in [0.15, 0.2) is 5.82 Å². The molecule has 1 amide bonds. The van der Waals surface area contributed by atoms with Crippen molar-refractivity contribution in [3.63, 3.8) is 0 Å². The fourth-order valence-corrected chi connectivity index (χ4v) is 3.79. The number of nitrogens with one attached hydrogen (secondary N) is 1. The number of alkyl halides is 1. The van der Waals surface area contributed by atoms with Crippen LogP contribution in [0.1, 0.15) is 49.2 Å². The maximum atomic E-state index is 14.6. The summed E-state index contributed by atoms with van der Waals surface area (Å²) in [6.07, 6.45) is 2.91. The first-order valence-corrected chi connectivity index (χ1v) is 10.7. The van der Waals surface area contributed by atoms with Crippen molar-refractivity contribution in [3.8, 4) is 11.3 Å². The van der Waals surface area contributed by atoms with E-state index >= 15 is 0 Å². The summed E-state index contributed by atoms with van der Waals surface area (Å²) in [6.45, 7) is 5.86. The molecule has 1 aliphatic heterocycles. The SMILES string of the molecule is CC(C)c1ccc(C(=O)Nc2c(-c3cc(F)ccc3F)ncnc2N2CCC(C)(F)C2)cn1. The van der Waals surface area contributed by atoms with E-state index in [0.29, 0.717) is 6.54 Å². The fourth-order valence-electron chi connectivity index (χ4n) is 3.79. The van der Waals surface area contributed by atoms with Gasteiger partial charge in [0, 0.05) is 30.4 Å². The van der Waals surface area contributed by atoms with Gasteiger partial charge in [0.05, 0.1) is 12.1 Å². The van der Waals surface area contributed by atoms with Gasteiger partial charge in [-0.15, -0.1) is 0 Å². The van der Waals surface area contributed by atoms with Gasteiger partial charge in [-0.25, -0.2) is 23.1 Å². The van der Waals surface area contributed by atoms with Crippen molar-refractivity contribution in [2.24, 2.45) is 0 Å². The minimum Gasteiger partial charge on any atom is -0.351 e. The van der Waals surface area contributed by atoms with E-state index in [0.717, 1.165) is 23.9 Å². The number of rotatable bonds is 5. The number of hydrogen-bond acceptors (Lipinski definition) is 5. The number of amides is 1. The number of hydrogen-bond donors (Lipinski definition) is 1. The largest absolute Gasteiger partial charge is 0.351 e. The van der Waals surface area contributed by atoms with Crippen LogP contribution in [0.4, 0.5) is 24.7 Å². The molecule has 33 heavy (non-hydrogen) atoms. The quantitative estimate of drug-likeness (QED) is 0.578. The zero-order valence-corrected chi connectivity index (χ0v) is 18.6. The van der Waals surface area contributed by atoms with E-state index in [2.05, 4.69) is 20.3 Å². The third kappa shape index (κ3) is 4.81. The van der Waals surface area contributed by atoms with E-state index in [9.17, 15) is 18.0 Å². The fraction of sp³-hybridized carbons (Fsp3) is 0.333. The molecule has 0 bridgehead atoms. The summed E-state index contributed by atoms with van der Waals surface area (Å²) >= 11 is 0. The van der Waals surface area contributed by atoms with Gasteiger partial charge in [-0.1, -0.05) is 13.8 Å². The number of aromatic nitrogens is 3. The molecule has 0 saturated carbocycles. The van der Waals surface area contributed by atoms with Crippen molar-refractivity contribution < 1.29 is 18.0 Å². The van der Waals surface area contributed by atoms with Crippen LogP contribution in [-0.4, -0.2) is 39.6 Å². The van der Waals surface area contributed by atoms with E-state index in [-0.39, 0.29) is 47.2 Å². The molecule has 1 saturated heterocycles. The molecule has 9 heteroatoms. The molecular formula is C24H24F3N5O. The summed E-state index contributed by atoms with van der Waals surface area (Å²) in [4.78, 5) is 27.4. The topological polar surface area (TPSA) is 71.0 Å². The summed E-state index contributed by atoms with van der Waals surface area (Å²) in [7, 11) is 0. The third-order valence-electron chi connectivity index (χ3n) is 5.61. The zero-order valence-electron chi connectivity index (χ0n) is 18.6. The maximum absolute atomic E-state index is 14.6. The second kappa shape index (κ2) is 8.80. The predicted molar refractivity (Wildman–Crippen MR) is 120 cm³/mol. The standard InChI is InChI=1S/C24H24F3N5O/c1-14(2)19-7-4-15(11-28-19)23(33)31-21-20(17-10-16(25)5-6-18(17)26)29-13-30-22(21)32-9-8-24(3,27)12-32/h4-7,10-11,13-14H,8-9,12H2,1-3H3,(H,31,33). The van der Waals surface area contributed by atoms with E-state index in [1.54, 1.807) is 17.0 Å². The van der Waals surface area contributed by atoms with Gasteiger partial charge in [0.2, 0.25) is 0 Å². The highest BCUT2D eigenvalue weighted by molar-refractivity contribution is 6.07. The summed E-state index contributed by atoms with van der Waals surface area (Å²) in [5.41, 5.74) is -0.382. The highest BCUT2D eigenvalue weighted by Crippen LogP contribution is 2.38. The van der Waals surface area contributed by atoms with Crippen LogP contribution in [0.5, 0.6) is 0 Å². The number of carbonyl (C=O) groups excluding carboxylic acids is 1. The monoisotopic (exact) mass is 455 g/mol. The Morgan fingerprint density at radius 1 is 1.15 bits per heavy atom. The smallest absolute Gasteiger partial charge is 0.257 e. The number of halogens is 3. The number of carbonyl (C=O) groups is 1. The molecule has 3 heterocycles. The first-order valence-electron chi connectivity index (χ1n) is 10.7. The zero-order chi connectivity index (χ0) is 23.8. The molecule has 1 aromatic carbocycles. The Kier molecular flexibility index (Phi) is 6.05. The molecule has 1 fully saturated rings. The second-order valence-electron chi connectivity index (χ2n) is 8.71. The lowest BCUT2D eigenvalue weighted by molar-refractivity contribution is 0.102. The van der Waals surface area contributed by atoms with Crippen molar-refractivity contribution in [2.45, 2.75) is 38.8 Å². The normalized spacial score (nSPS) is 18.1. The van der Waals surface area contributed by atoms with Gasteiger partial charge in [-0.05, 0) is 43.2 Å². The van der Waals surface area contributed by atoms with Gasteiger partial charge in [-0.3, -0.25) is 9.78 Å². The highest BCUT2D eigenvalue weighted by atomic mass is 19.1. The van der Waals surface area contributed by atoms with Crippen LogP contribution in [0.25, 0.3) is 11.3 Å². The lowest BCUT2D eigenvalue weighted by atomic mass is 10.1. The average molecular weight is 455 g/mol. The van der Waals surface area contributed by atoms with Crippen molar-refractivity contribution in [3.05, 3.63) is 65.7 Å². The Labute approximate surface area is 189 Å². The molecule has 0 spiro atoms. The Balaban J connectivity index is 1.78. The molecule has 4 rings (SSSR count). The average Bonchev–Trinajstić information content (AvgIpc) is 3.15. The van der Waals surface area contributed by atoms with E-state index < -0.39 is 23.2 Å². The summed E-state index contributed by atoms with van der Waals surface area (Å²) in [5.74, 6) is -1.45. The Morgan fingerprint density at radius 3 is 2.58 bits per heavy atom. The molecule has 172 valence electrons. The third-order valence-corrected chi connectivity index (χ3v) is 5.61. The first-order chi connectivity index (χ1) is 15.6. The minimum absolute atomic E-state index is 0.00423. The lowest BCUT2D eigenvalue weighted by Gasteiger charge is -2.23. The summed E-state index contributed by atoms with van der Waals surface area (Å²) in [6, 6.07) is 6.37. The number of nitrogens with zero attached hydrogens (tertiary/aromatic N) is 4. The van der Waals surface area contributed by atoms with Gasteiger partial charge in [0.1, 0.15) is 35.0 Å². The number of benzene rings is 1.